The third kappa shape index (κ3) is 7.40. The molecule has 1 aromatic heterocycles. The van der Waals surface area contributed by atoms with Crippen molar-refractivity contribution in [1.29, 1.82) is 0 Å². The van der Waals surface area contributed by atoms with Gasteiger partial charge in [0.15, 0.2) is 0 Å². The molecule has 180 valence electrons. The van der Waals surface area contributed by atoms with Crippen molar-refractivity contribution >= 4 is 41.0 Å². The van der Waals surface area contributed by atoms with Crippen LogP contribution < -0.4 is 5.01 Å². The summed E-state index contributed by atoms with van der Waals surface area (Å²) in [6.45, 7) is 11.0. The van der Waals surface area contributed by atoms with Gasteiger partial charge in [0.2, 0.25) is 0 Å². The maximum atomic E-state index is 8.52. The minimum atomic E-state index is -0.500. The number of aliphatic hydroxyl groups is 1. The Kier molecular flexibility index (Phi) is 9.05. The maximum Gasteiger partial charge on any atom is 0.0839 e. The van der Waals surface area contributed by atoms with E-state index in [0.29, 0.717) is 5.02 Å². The molecule has 0 spiro atoms. The fourth-order valence-corrected chi connectivity index (χ4v) is 4.67. The number of anilines is 1. The van der Waals surface area contributed by atoms with E-state index >= 15 is 0 Å². The van der Waals surface area contributed by atoms with Gasteiger partial charge in [-0.15, -0.1) is 11.3 Å². The number of hydrazone groups is 1. The molecule has 0 unspecified atom stereocenters. The van der Waals surface area contributed by atoms with Crippen LogP contribution in [0, 0.1) is 0 Å². The topological polar surface area (TPSA) is 35.8 Å². The largest absolute Gasteiger partial charge is 0.391 e. The first kappa shape index (κ1) is 26.4. The molecule has 0 amide bonds. The fourth-order valence-electron chi connectivity index (χ4n) is 3.39. The van der Waals surface area contributed by atoms with Crippen LogP contribution in [0.25, 0.3) is 27.3 Å². The zero-order valence-corrected chi connectivity index (χ0v) is 22.1. The Labute approximate surface area is 217 Å². The van der Waals surface area contributed by atoms with Gasteiger partial charge in [-0.2, -0.15) is 5.10 Å². The summed E-state index contributed by atoms with van der Waals surface area (Å²) < 4.78 is 0. The first-order chi connectivity index (χ1) is 16.7. The van der Waals surface area contributed by atoms with Crippen molar-refractivity contribution in [3.63, 3.8) is 0 Å². The molecular weight excluding hydrogens is 472 g/mol. The molecule has 5 heteroatoms. The molecule has 0 saturated heterocycles. The lowest BCUT2D eigenvalue weighted by molar-refractivity contribution is 0.102. The van der Waals surface area contributed by atoms with Crippen molar-refractivity contribution in [3.05, 3.63) is 107 Å². The Morgan fingerprint density at radius 3 is 2.11 bits per heavy atom. The van der Waals surface area contributed by atoms with Crippen LogP contribution in [-0.2, 0) is 0 Å². The van der Waals surface area contributed by atoms with E-state index in [1.165, 1.54) is 21.6 Å². The molecule has 4 rings (SSSR count). The molecule has 0 saturated carbocycles. The highest BCUT2D eigenvalue weighted by Gasteiger charge is 2.17. The van der Waals surface area contributed by atoms with E-state index in [2.05, 4.69) is 72.5 Å². The molecule has 1 heterocycles. The second kappa shape index (κ2) is 12.0. The van der Waals surface area contributed by atoms with Crippen LogP contribution in [0.1, 0.15) is 32.6 Å². The Bertz CT molecular complexity index is 1280. The fraction of sp³-hybridized carbons (Fsp3) is 0.167. The van der Waals surface area contributed by atoms with Crippen LogP contribution in [0.15, 0.2) is 102 Å². The third-order valence-electron chi connectivity index (χ3n) is 4.84. The lowest BCUT2D eigenvalue weighted by Gasteiger charge is -2.22. The van der Waals surface area contributed by atoms with E-state index in [1.54, 1.807) is 37.1 Å². The highest BCUT2D eigenvalue weighted by Crippen LogP contribution is 2.38. The number of para-hydroxylation sites is 1. The van der Waals surface area contributed by atoms with Gasteiger partial charge in [0.25, 0.3) is 0 Å². The monoisotopic (exact) mass is 502 g/mol. The van der Waals surface area contributed by atoms with E-state index < -0.39 is 5.60 Å². The average molecular weight is 503 g/mol. The van der Waals surface area contributed by atoms with Crippen LogP contribution in [0.5, 0.6) is 0 Å². The first-order valence-corrected chi connectivity index (χ1v) is 12.6. The van der Waals surface area contributed by atoms with E-state index in [1.807, 2.05) is 43.3 Å². The highest BCUT2D eigenvalue weighted by molar-refractivity contribution is 7.16. The molecular formula is C30H31ClN2OS. The van der Waals surface area contributed by atoms with Crippen molar-refractivity contribution in [2.45, 2.75) is 33.3 Å². The minimum Gasteiger partial charge on any atom is -0.391 e. The predicted octanol–water partition coefficient (Wildman–Crippen LogP) is 9.00. The summed E-state index contributed by atoms with van der Waals surface area (Å²) in [6, 6.07) is 31.0. The van der Waals surface area contributed by atoms with E-state index in [0.717, 1.165) is 16.3 Å². The molecule has 0 radical (unpaired) electrons. The molecule has 3 nitrogen and oxygen atoms in total. The first-order valence-electron chi connectivity index (χ1n) is 11.4. The van der Waals surface area contributed by atoms with Crippen molar-refractivity contribution in [2.24, 2.45) is 5.10 Å². The average Bonchev–Trinajstić information content (AvgIpc) is 3.33. The van der Waals surface area contributed by atoms with Gasteiger partial charge >= 0.3 is 0 Å². The minimum absolute atomic E-state index is 0.500. The standard InChI is InChI=1S/C26H21ClN2S.C4H10O/c1-3-23(29(28-2)24-15-8-7-14-22(24)27)26-17-16-25(30-26)21-13-9-12-20(18-21)19-10-5-4-6-11-19;1-4(2,3)5/h3-18H,2H2,1H3;5H,1-3H3/b23-3-;. The van der Waals surface area contributed by atoms with Gasteiger partial charge in [-0.1, -0.05) is 78.3 Å². The Morgan fingerprint density at radius 2 is 1.49 bits per heavy atom. The molecule has 0 atom stereocenters. The van der Waals surface area contributed by atoms with Crippen LogP contribution >= 0.6 is 22.9 Å². The third-order valence-corrected chi connectivity index (χ3v) is 6.31. The van der Waals surface area contributed by atoms with E-state index in [-0.39, 0.29) is 0 Å². The SMILES string of the molecule is C=NN(/C(=C\C)c1ccc(-c2cccc(-c3ccccc3)c2)s1)c1ccccc1Cl.CC(C)(C)O. The van der Waals surface area contributed by atoms with Gasteiger partial charge in [0.1, 0.15) is 0 Å². The molecule has 0 aliphatic carbocycles. The van der Waals surface area contributed by atoms with Crippen molar-refractivity contribution in [3.8, 4) is 21.6 Å². The molecule has 1 N–H and O–H groups in total. The zero-order valence-electron chi connectivity index (χ0n) is 20.6. The van der Waals surface area contributed by atoms with Crippen molar-refractivity contribution < 1.29 is 5.11 Å². The van der Waals surface area contributed by atoms with Gasteiger partial charge < -0.3 is 5.11 Å². The second-order valence-electron chi connectivity index (χ2n) is 8.86. The number of halogens is 1. The lowest BCUT2D eigenvalue weighted by atomic mass is 10.0. The lowest BCUT2D eigenvalue weighted by Crippen LogP contribution is -2.13. The number of allylic oxidation sites excluding steroid dienone is 1. The normalized spacial score (nSPS) is 11.4. The van der Waals surface area contributed by atoms with Gasteiger partial charge in [0.05, 0.1) is 26.9 Å². The Morgan fingerprint density at radius 1 is 0.886 bits per heavy atom. The van der Waals surface area contributed by atoms with Crippen LogP contribution in [0.3, 0.4) is 0 Å². The summed E-state index contributed by atoms with van der Waals surface area (Å²) in [5, 5.41) is 15.2. The van der Waals surface area contributed by atoms with Gasteiger partial charge in [-0.05, 0) is 74.7 Å². The number of hydrogen-bond donors (Lipinski definition) is 1. The molecule has 0 aliphatic rings. The van der Waals surface area contributed by atoms with Gasteiger partial charge in [-0.25, -0.2) is 5.01 Å². The van der Waals surface area contributed by atoms with E-state index in [4.69, 9.17) is 16.7 Å². The van der Waals surface area contributed by atoms with Crippen molar-refractivity contribution in [1.82, 2.24) is 0 Å². The number of hydrogen-bond acceptors (Lipinski definition) is 4. The maximum absolute atomic E-state index is 8.52. The zero-order chi connectivity index (χ0) is 25.4. The number of nitrogens with zero attached hydrogens (tertiary/aromatic N) is 2. The summed E-state index contributed by atoms with van der Waals surface area (Å²) >= 11 is 8.14. The summed E-state index contributed by atoms with van der Waals surface area (Å²) in [4.78, 5) is 2.30. The molecule has 0 aliphatic heterocycles. The second-order valence-corrected chi connectivity index (χ2v) is 10.4. The molecule has 0 bridgehead atoms. The Hall–Kier alpha value is -3.18. The van der Waals surface area contributed by atoms with Gasteiger partial charge in [0, 0.05) is 11.6 Å². The summed E-state index contributed by atoms with van der Waals surface area (Å²) in [6.07, 6.45) is 2.04. The smallest absolute Gasteiger partial charge is 0.0839 e. The van der Waals surface area contributed by atoms with E-state index in [9.17, 15) is 0 Å². The molecule has 4 aromatic rings. The highest BCUT2D eigenvalue weighted by atomic mass is 35.5. The summed E-state index contributed by atoms with van der Waals surface area (Å²) in [5.74, 6) is 0. The predicted molar refractivity (Wildman–Crippen MR) is 154 cm³/mol. The van der Waals surface area contributed by atoms with Crippen molar-refractivity contribution in [2.75, 3.05) is 5.01 Å². The summed E-state index contributed by atoms with van der Waals surface area (Å²) in [7, 11) is 0. The number of thiophene rings is 1. The number of rotatable bonds is 6. The van der Waals surface area contributed by atoms with Crippen LogP contribution in [0.2, 0.25) is 5.02 Å². The van der Waals surface area contributed by atoms with Gasteiger partial charge in [-0.3, -0.25) is 0 Å². The summed E-state index contributed by atoms with van der Waals surface area (Å²) in [5.41, 5.74) is 4.88. The Balaban J connectivity index is 0.000000623. The molecule has 35 heavy (non-hydrogen) atoms. The number of benzene rings is 3. The van der Waals surface area contributed by atoms with Crippen LogP contribution in [0.4, 0.5) is 5.69 Å². The molecule has 0 fully saturated rings. The quantitative estimate of drug-likeness (QED) is 0.211. The molecule has 3 aromatic carbocycles. The van der Waals surface area contributed by atoms with Crippen LogP contribution in [-0.4, -0.2) is 17.4 Å².